The zero-order valence-electron chi connectivity index (χ0n) is 13.6. The quantitative estimate of drug-likeness (QED) is 0.404. The topological polar surface area (TPSA) is 42.3 Å². The first kappa shape index (κ1) is 28.2. The van der Waals surface area contributed by atoms with Crippen molar-refractivity contribution in [3.8, 4) is 0 Å². The minimum absolute atomic E-state index is 0. The normalized spacial score (nSPS) is 21.6. The van der Waals surface area contributed by atoms with Crippen LogP contribution in [0.4, 0.5) is 4.39 Å². The zero-order valence-corrected chi connectivity index (χ0v) is 16.1. The number of alkyl halides is 1. The number of hydrogen-bond donors (Lipinski definition) is 0. The molecular weight excluding hydrogens is 296 g/mol. The van der Waals surface area contributed by atoms with Crippen molar-refractivity contribution in [2.45, 2.75) is 25.4 Å². The van der Waals surface area contributed by atoms with Gasteiger partial charge in [0.05, 0.1) is 0 Å². The molecule has 0 amide bonds. The predicted molar refractivity (Wildman–Crippen MR) is 86.1 cm³/mol. The molecule has 114 valence electrons. The Morgan fingerprint density at radius 3 is 1.74 bits per heavy atom. The fourth-order valence-corrected chi connectivity index (χ4v) is 2.87. The van der Waals surface area contributed by atoms with E-state index in [1.807, 2.05) is 7.05 Å². The summed E-state index contributed by atoms with van der Waals surface area (Å²) in [4.78, 5) is 0. The van der Waals surface area contributed by atoms with Gasteiger partial charge < -0.3 is 23.1 Å². The molecule has 0 aromatic heterocycles. The average Bonchev–Trinajstić information content (AvgIpc) is 2.66. The van der Waals surface area contributed by atoms with Gasteiger partial charge in [0.2, 0.25) is 0 Å². The molecule has 1 aliphatic rings. The summed E-state index contributed by atoms with van der Waals surface area (Å²) in [5.41, 5.74) is 0. The van der Waals surface area contributed by atoms with Crippen LogP contribution in [0.1, 0.15) is 19.3 Å². The molecule has 0 spiro atoms. The molecular formula is C13H31FN3PTi. The van der Waals surface area contributed by atoms with Gasteiger partial charge in [-0.15, -0.1) is 0 Å². The van der Waals surface area contributed by atoms with E-state index in [0.29, 0.717) is 5.92 Å². The monoisotopic (exact) mass is 327 g/mol. The van der Waals surface area contributed by atoms with E-state index in [9.17, 15) is 4.39 Å². The van der Waals surface area contributed by atoms with Crippen LogP contribution in [-0.2, 0) is 21.7 Å². The second-order valence-corrected chi connectivity index (χ2v) is 6.22. The fraction of sp³-hybridized carbons (Fsp3) is 0.923. The van der Waals surface area contributed by atoms with Crippen LogP contribution >= 0.6 is 8.07 Å². The van der Waals surface area contributed by atoms with Gasteiger partial charge in [-0.3, -0.25) is 0 Å². The molecule has 1 saturated carbocycles. The summed E-state index contributed by atoms with van der Waals surface area (Å²) < 4.78 is 13.1. The van der Waals surface area contributed by atoms with Gasteiger partial charge in [-0.05, 0) is 24.9 Å². The molecule has 1 aliphatic carbocycles. The molecule has 0 aromatic carbocycles. The number of halogens is 1. The minimum Gasteiger partial charge on any atom is -0.668 e. The van der Waals surface area contributed by atoms with Crippen molar-refractivity contribution < 1.29 is 26.1 Å². The van der Waals surface area contributed by atoms with Gasteiger partial charge in [-0.2, -0.15) is 35.2 Å². The van der Waals surface area contributed by atoms with Crippen LogP contribution in [0.25, 0.3) is 15.7 Å². The largest absolute Gasteiger partial charge is 4.00 e. The molecule has 0 bridgehead atoms. The maximum atomic E-state index is 13.1. The van der Waals surface area contributed by atoms with Crippen molar-refractivity contribution in [3.63, 3.8) is 0 Å². The van der Waals surface area contributed by atoms with Gasteiger partial charge in [0.15, 0.2) is 0 Å². The molecule has 3 atom stereocenters. The summed E-state index contributed by atoms with van der Waals surface area (Å²) >= 11 is 0. The third-order valence-electron chi connectivity index (χ3n) is 2.41. The van der Waals surface area contributed by atoms with Gasteiger partial charge in [0.1, 0.15) is 6.17 Å². The first-order chi connectivity index (χ1) is 8.06. The van der Waals surface area contributed by atoms with Crippen molar-refractivity contribution in [2.24, 2.45) is 5.92 Å². The fourth-order valence-electron chi connectivity index (χ4n) is 1.62. The van der Waals surface area contributed by atoms with Crippen LogP contribution < -0.4 is 0 Å². The van der Waals surface area contributed by atoms with E-state index in [0.717, 1.165) is 25.4 Å². The SMILES string of the molecule is C[N-]C.C[N-]C.C[N-]P(C)CC1CCCC1F.[CH3-].[Ti+4]. The van der Waals surface area contributed by atoms with E-state index in [1.165, 1.54) is 0 Å². The third kappa shape index (κ3) is 19.0. The molecule has 3 unspecified atom stereocenters. The van der Waals surface area contributed by atoms with Crippen molar-refractivity contribution in [1.29, 1.82) is 0 Å². The Morgan fingerprint density at radius 1 is 1.05 bits per heavy atom. The summed E-state index contributed by atoms with van der Waals surface area (Å²) in [6.45, 7) is 2.13. The van der Waals surface area contributed by atoms with Crippen molar-refractivity contribution >= 4 is 8.07 Å². The average molecular weight is 327 g/mol. The molecule has 1 fully saturated rings. The van der Waals surface area contributed by atoms with Gasteiger partial charge in [0.25, 0.3) is 0 Å². The molecule has 3 nitrogen and oxygen atoms in total. The zero-order chi connectivity index (χ0) is 13.7. The molecule has 0 radical (unpaired) electrons. The molecule has 0 saturated heterocycles. The van der Waals surface area contributed by atoms with Crippen molar-refractivity contribution in [2.75, 3.05) is 48.1 Å². The standard InChI is InChI=1S/C8H16FNP.2C2H6N.CH3.Ti/c1-10-11(2)6-7-4-3-5-8(7)9;2*1-3-2;;/h7-8H,3-6H2,1-2H3;2*1-2H3;1H3;/q4*-1;+4. The van der Waals surface area contributed by atoms with E-state index in [4.69, 9.17) is 0 Å². The Kier molecular flexibility index (Phi) is 31.5. The van der Waals surface area contributed by atoms with Crippen LogP contribution in [0.2, 0.25) is 0 Å². The number of rotatable bonds is 3. The Hall–Kier alpha value is 0.954. The first-order valence-electron chi connectivity index (χ1n) is 5.98. The number of nitrogens with zero attached hydrogens (tertiary/aromatic N) is 3. The Morgan fingerprint density at radius 2 is 1.47 bits per heavy atom. The van der Waals surface area contributed by atoms with Gasteiger partial charge in [-0.1, -0.05) is 13.1 Å². The third-order valence-corrected chi connectivity index (χ3v) is 4.09. The Bertz CT molecular complexity index is 154. The van der Waals surface area contributed by atoms with E-state index in [2.05, 4.69) is 22.4 Å². The molecule has 6 heteroatoms. The smallest absolute Gasteiger partial charge is 0.668 e. The van der Waals surface area contributed by atoms with Gasteiger partial charge in [-0.25, -0.2) is 12.5 Å². The van der Waals surface area contributed by atoms with Gasteiger partial charge in [0, 0.05) is 0 Å². The first-order valence-corrected chi connectivity index (χ1v) is 7.90. The van der Waals surface area contributed by atoms with Crippen molar-refractivity contribution in [1.82, 2.24) is 0 Å². The second-order valence-electron chi connectivity index (χ2n) is 4.14. The maximum Gasteiger partial charge on any atom is 4.00 e. The van der Waals surface area contributed by atoms with E-state index in [1.54, 1.807) is 28.2 Å². The molecule has 0 aromatic rings. The van der Waals surface area contributed by atoms with Crippen LogP contribution in [0.3, 0.4) is 0 Å². The summed E-state index contributed by atoms with van der Waals surface area (Å²) in [7, 11) is 8.61. The van der Waals surface area contributed by atoms with Gasteiger partial charge >= 0.3 is 21.7 Å². The summed E-state index contributed by atoms with van der Waals surface area (Å²) in [5, 5.41) is 11.2. The number of hydrogen-bond acceptors (Lipinski definition) is 0. The molecule has 19 heavy (non-hydrogen) atoms. The maximum absolute atomic E-state index is 13.1. The summed E-state index contributed by atoms with van der Waals surface area (Å²) in [6, 6.07) is 0. The van der Waals surface area contributed by atoms with E-state index >= 15 is 0 Å². The van der Waals surface area contributed by atoms with Crippen LogP contribution in [0.15, 0.2) is 0 Å². The predicted octanol–water partition coefficient (Wildman–Crippen LogP) is 4.84. The van der Waals surface area contributed by atoms with Crippen LogP contribution in [-0.4, -0.2) is 54.2 Å². The summed E-state index contributed by atoms with van der Waals surface area (Å²) in [5.74, 6) is 0.329. The molecule has 1 rings (SSSR count). The molecule has 0 heterocycles. The van der Waals surface area contributed by atoms with Crippen molar-refractivity contribution in [3.05, 3.63) is 23.1 Å². The Balaban J connectivity index is -0.000000122. The van der Waals surface area contributed by atoms with E-state index < -0.39 is 6.17 Å². The molecule has 0 N–H and O–H groups in total. The van der Waals surface area contributed by atoms with Crippen LogP contribution in [0.5, 0.6) is 0 Å². The van der Waals surface area contributed by atoms with Crippen LogP contribution in [0, 0.1) is 13.3 Å². The molecule has 0 aliphatic heterocycles. The summed E-state index contributed by atoms with van der Waals surface area (Å²) in [6.07, 6.45) is 3.44. The van der Waals surface area contributed by atoms with E-state index in [-0.39, 0.29) is 37.2 Å². The Labute approximate surface area is 137 Å². The second kappa shape index (κ2) is 21.3. The minimum atomic E-state index is -0.526.